The first-order chi connectivity index (χ1) is 13.7. The van der Waals surface area contributed by atoms with Crippen molar-refractivity contribution >= 4 is 28.2 Å². The molecular formula is C21H23N3O3S. The van der Waals surface area contributed by atoms with Gasteiger partial charge in [0.2, 0.25) is 0 Å². The van der Waals surface area contributed by atoms with Crippen LogP contribution in [-0.2, 0) is 6.61 Å². The highest BCUT2D eigenvalue weighted by Gasteiger charge is 2.34. The molecule has 1 saturated carbocycles. The van der Waals surface area contributed by atoms with Crippen molar-refractivity contribution < 1.29 is 13.9 Å². The van der Waals surface area contributed by atoms with Gasteiger partial charge in [-0.2, -0.15) is 0 Å². The topological polar surface area (TPSA) is 76.4 Å². The Morgan fingerprint density at radius 1 is 1.39 bits per heavy atom. The number of nitrogens with one attached hydrogen (secondary N) is 2. The van der Waals surface area contributed by atoms with Crippen LogP contribution in [0.25, 0.3) is 11.0 Å². The van der Waals surface area contributed by atoms with Gasteiger partial charge in [-0.05, 0) is 50.9 Å². The lowest BCUT2D eigenvalue weighted by Gasteiger charge is -2.11. The highest BCUT2D eigenvalue weighted by molar-refractivity contribution is 7.09. The van der Waals surface area contributed by atoms with Gasteiger partial charge in [0.25, 0.3) is 5.91 Å². The van der Waals surface area contributed by atoms with Crippen LogP contribution in [0.4, 0.5) is 0 Å². The zero-order valence-corrected chi connectivity index (χ0v) is 16.6. The van der Waals surface area contributed by atoms with E-state index in [0.717, 1.165) is 65.4 Å². The Bertz CT molecular complexity index is 1020. The van der Waals surface area contributed by atoms with Crippen molar-refractivity contribution in [2.75, 3.05) is 13.1 Å². The average Bonchev–Trinajstić information content (AvgIpc) is 3.08. The summed E-state index contributed by atoms with van der Waals surface area (Å²) in [5.74, 6) is 1.89. The van der Waals surface area contributed by atoms with Crippen molar-refractivity contribution in [1.29, 1.82) is 0 Å². The van der Waals surface area contributed by atoms with Gasteiger partial charge >= 0.3 is 0 Å². The van der Waals surface area contributed by atoms with Crippen LogP contribution < -0.4 is 15.4 Å². The van der Waals surface area contributed by atoms with Crippen LogP contribution in [0.1, 0.15) is 51.9 Å². The van der Waals surface area contributed by atoms with Gasteiger partial charge < -0.3 is 19.8 Å². The predicted octanol–water partition coefficient (Wildman–Crippen LogP) is 3.75. The molecule has 5 rings (SSSR count). The van der Waals surface area contributed by atoms with E-state index in [1.54, 1.807) is 11.3 Å². The first kappa shape index (κ1) is 17.7. The lowest BCUT2D eigenvalue weighted by molar-refractivity contribution is 0.0939. The number of amides is 1. The van der Waals surface area contributed by atoms with Gasteiger partial charge in [0.1, 0.15) is 23.7 Å². The molecule has 0 spiro atoms. The van der Waals surface area contributed by atoms with Gasteiger partial charge in [-0.1, -0.05) is 0 Å². The summed E-state index contributed by atoms with van der Waals surface area (Å²) in [6, 6.07) is 5.92. The third-order valence-electron chi connectivity index (χ3n) is 5.47. The molecular weight excluding hydrogens is 374 g/mol. The number of hydrogen-bond donors (Lipinski definition) is 2. The Balaban J connectivity index is 1.45. The Morgan fingerprint density at radius 3 is 3.00 bits per heavy atom. The summed E-state index contributed by atoms with van der Waals surface area (Å²) in [7, 11) is 0. The smallest absolute Gasteiger partial charge is 0.255 e. The average molecular weight is 398 g/mol. The molecule has 2 N–H and O–H groups in total. The van der Waals surface area contributed by atoms with Crippen LogP contribution in [0, 0.1) is 6.92 Å². The second kappa shape index (κ2) is 7.22. The standard InChI is InChI=1S/C21H23N3O3S/c1-12-18(28-11-23-12)10-26-15-4-5-17-16(8-15)19(20(27-17)13-2-3-13)21(25)24-14-6-7-22-9-14/h4-5,8,11,13-14,22H,2-3,6-7,9-10H2,1H3,(H,24,25)/t14-/m0/s1. The summed E-state index contributed by atoms with van der Waals surface area (Å²) in [4.78, 5) is 18.5. The first-order valence-corrected chi connectivity index (χ1v) is 10.7. The van der Waals surface area contributed by atoms with Crippen molar-refractivity contribution in [2.24, 2.45) is 0 Å². The van der Waals surface area contributed by atoms with Crippen molar-refractivity contribution in [2.45, 2.75) is 44.8 Å². The van der Waals surface area contributed by atoms with E-state index in [0.29, 0.717) is 18.1 Å². The van der Waals surface area contributed by atoms with E-state index in [4.69, 9.17) is 9.15 Å². The second-order valence-electron chi connectivity index (χ2n) is 7.59. The van der Waals surface area contributed by atoms with E-state index in [1.807, 2.05) is 30.6 Å². The second-order valence-corrected chi connectivity index (χ2v) is 8.53. The molecule has 1 amide bonds. The quantitative estimate of drug-likeness (QED) is 0.663. The molecule has 7 heteroatoms. The summed E-state index contributed by atoms with van der Waals surface area (Å²) >= 11 is 1.59. The lowest BCUT2D eigenvalue weighted by atomic mass is 10.1. The minimum atomic E-state index is -0.0372. The first-order valence-electron chi connectivity index (χ1n) is 9.79. The molecule has 1 aromatic carbocycles. The Morgan fingerprint density at radius 2 is 2.29 bits per heavy atom. The molecule has 6 nitrogen and oxygen atoms in total. The summed E-state index contributed by atoms with van der Waals surface area (Å²) in [6.45, 7) is 4.23. The fourth-order valence-corrected chi connectivity index (χ4v) is 4.39. The highest BCUT2D eigenvalue weighted by atomic mass is 32.1. The molecule has 0 bridgehead atoms. The normalized spacial score (nSPS) is 19.2. The van der Waals surface area contributed by atoms with Gasteiger partial charge in [0.05, 0.1) is 21.6 Å². The van der Waals surface area contributed by atoms with E-state index in [-0.39, 0.29) is 11.9 Å². The summed E-state index contributed by atoms with van der Waals surface area (Å²) in [5, 5.41) is 7.30. The molecule has 146 valence electrons. The molecule has 2 aliphatic rings. The maximum Gasteiger partial charge on any atom is 0.255 e. The zero-order chi connectivity index (χ0) is 19.1. The number of fused-ring (bicyclic) bond motifs is 1. The lowest BCUT2D eigenvalue weighted by Crippen LogP contribution is -2.36. The molecule has 3 aromatic rings. The molecule has 3 heterocycles. The third-order valence-corrected chi connectivity index (χ3v) is 6.38. The molecule has 1 atom stereocenters. The van der Waals surface area contributed by atoms with Gasteiger partial charge in [0, 0.05) is 23.9 Å². The number of carbonyl (C=O) groups excluding carboxylic acids is 1. The van der Waals surface area contributed by atoms with Crippen LogP contribution in [0.2, 0.25) is 0 Å². The number of benzene rings is 1. The minimum Gasteiger partial charge on any atom is -0.488 e. The molecule has 1 aliphatic heterocycles. The number of hydrogen-bond acceptors (Lipinski definition) is 6. The van der Waals surface area contributed by atoms with E-state index < -0.39 is 0 Å². The predicted molar refractivity (Wildman–Crippen MR) is 108 cm³/mol. The molecule has 2 aromatic heterocycles. The number of nitrogens with zero attached hydrogens (tertiary/aromatic N) is 1. The van der Waals surface area contributed by atoms with Gasteiger partial charge in [-0.25, -0.2) is 4.98 Å². The van der Waals surface area contributed by atoms with E-state index in [1.165, 1.54) is 0 Å². The van der Waals surface area contributed by atoms with Crippen LogP contribution in [0.5, 0.6) is 5.75 Å². The largest absolute Gasteiger partial charge is 0.488 e. The van der Waals surface area contributed by atoms with Crippen molar-refractivity contribution in [3.63, 3.8) is 0 Å². The summed E-state index contributed by atoms with van der Waals surface area (Å²) < 4.78 is 12.1. The summed E-state index contributed by atoms with van der Waals surface area (Å²) in [5.41, 5.74) is 4.26. The van der Waals surface area contributed by atoms with Crippen molar-refractivity contribution in [1.82, 2.24) is 15.6 Å². The molecule has 2 fully saturated rings. The summed E-state index contributed by atoms with van der Waals surface area (Å²) in [6.07, 6.45) is 3.13. The maximum absolute atomic E-state index is 13.1. The highest BCUT2D eigenvalue weighted by Crippen LogP contribution is 2.45. The van der Waals surface area contributed by atoms with Crippen LogP contribution in [0.3, 0.4) is 0 Å². The Labute approximate surface area is 167 Å². The SMILES string of the molecule is Cc1ncsc1COc1ccc2oc(C3CC3)c(C(=O)N[C@H]3CCNC3)c2c1. The van der Waals surface area contributed by atoms with Gasteiger partial charge in [-0.15, -0.1) is 11.3 Å². The van der Waals surface area contributed by atoms with Crippen LogP contribution in [-0.4, -0.2) is 30.0 Å². The minimum absolute atomic E-state index is 0.0372. The number of aryl methyl sites for hydroxylation is 1. The molecule has 0 unspecified atom stereocenters. The number of aromatic nitrogens is 1. The van der Waals surface area contributed by atoms with E-state index >= 15 is 0 Å². The van der Waals surface area contributed by atoms with E-state index in [2.05, 4.69) is 15.6 Å². The Hall–Kier alpha value is -2.38. The van der Waals surface area contributed by atoms with Crippen molar-refractivity contribution in [3.8, 4) is 5.75 Å². The van der Waals surface area contributed by atoms with E-state index in [9.17, 15) is 4.79 Å². The molecule has 28 heavy (non-hydrogen) atoms. The maximum atomic E-state index is 13.1. The molecule has 0 radical (unpaired) electrons. The fourth-order valence-electron chi connectivity index (χ4n) is 3.70. The number of ether oxygens (including phenoxy) is 1. The number of furan rings is 1. The molecule has 1 aliphatic carbocycles. The molecule has 1 saturated heterocycles. The number of rotatable bonds is 6. The third kappa shape index (κ3) is 3.40. The van der Waals surface area contributed by atoms with Crippen LogP contribution >= 0.6 is 11.3 Å². The number of carbonyl (C=O) groups is 1. The number of thiazole rings is 1. The fraction of sp³-hybridized carbons (Fsp3) is 0.429. The Kier molecular flexibility index (Phi) is 4.56. The van der Waals surface area contributed by atoms with Gasteiger partial charge in [0.15, 0.2) is 0 Å². The van der Waals surface area contributed by atoms with Gasteiger partial charge in [-0.3, -0.25) is 4.79 Å². The zero-order valence-electron chi connectivity index (χ0n) is 15.8. The monoisotopic (exact) mass is 397 g/mol. The van der Waals surface area contributed by atoms with Crippen molar-refractivity contribution in [3.05, 3.63) is 45.6 Å². The van der Waals surface area contributed by atoms with Crippen LogP contribution in [0.15, 0.2) is 28.1 Å².